The second-order valence-corrected chi connectivity index (χ2v) is 13.1. The number of anilines is 2. The Hall–Kier alpha value is -2.67. The number of nitrogens with zero attached hydrogens (tertiary/aromatic N) is 3. The number of ether oxygens (including phenoxy) is 2. The van der Waals surface area contributed by atoms with Crippen LogP contribution in [0.4, 0.5) is 16.2 Å². The van der Waals surface area contributed by atoms with Gasteiger partial charge >= 0.3 is 6.03 Å². The van der Waals surface area contributed by atoms with Crippen LogP contribution < -0.4 is 15.8 Å². The minimum absolute atomic E-state index is 0.0299. The molecule has 0 spiro atoms. The fraction of sp³-hybridized carbons (Fsp3) is 0.500. The third-order valence-electron chi connectivity index (χ3n) is 8.72. The van der Waals surface area contributed by atoms with Gasteiger partial charge in [0, 0.05) is 77.3 Å². The van der Waals surface area contributed by atoms with E-state index >= 15 is 0 Å². The molecule has 3 N–H and O–H groups in total. The van der Waals surface area contributed by atoms with E-state index in [1.807, 2.05) is 28.0 Å². The molecular formula is C30H35Br2N5O5. The Balaban J connectivity index is 1.00. The van der Waals surface area contributed by atoms with Gasteiger partial charge in [-0.3, -0.25) is 14.5 Å². The lowest BCUT2D eigenvalue weighted by atomic mass is 10.00. The summed E-state index contributed by atoms with van der Waals surface area (Å²) in [5.74, 6) is 0.222. The van der Waals surface area contributed by atoms with Crippen molar-refractivity contribution in [2.75, 3.05) is 63.6 Å². The van der Waals surface area contributed by atoms with E-state index in [4.69, 9.17) is 15.2 Å². The number of benzene rings is 2. The van der Waals surface area contributed by atoms with Crippen molar-refractivity contribution >= 4 is 61.0 Å². The Bertz CT molecular complexity index is 1350. The molecule has 0 aromatic heterocycles. The van der Waals surface area contributed by atoms with Gasteiger partial charge in [0.15, 0.2) is 5.78 Å². The predicted octanol–water partition coefficient (Wildman–Crippen LogP) is 4.36. The van der Waals surface area contributed by atoms with E-state index in [9.17, 15) is 14.4 Å². The summed E-state index contributed by atoms with van der Waals surface area (Å²) in [6.07, 6.45) is 1.97. The number of carbonyl (C=O) groups excluding carboxylic acids is 3. The van der Waals surface area contributed by atoms with E-state index in [1.54, 1.807) is 12.1 Å². The van der Waals surface area contributed by atoms with E-state index < -0.39 is 0 Å². The SMILES string of the molecule is Nc1c(Br)cc(C(=O)[C@@H]2C[C@H]2C(=O)N2CCC(N3Cc4cc(OCCN5CCOCC5)ccc4NC3=O)CC2)cc1Br. The Labute approximate surface area is 262 Å². The molecule has 2 aromatic rings. The van der Waals surface area contributed by atoms with Crippen LogP contribution in [-0.2, 0) is 16.1 Å². The highest BCUT2D eigenvalue weighted by Gasteiger charge is 2.50. The van der Waals surface area contributed by atoms with Gasteiger partial charge in [0.2, 0.25) is 5.91 Å². The maximum Gasteiger partial charge on any atom is 0.322 e. The smallest absolute Gasteiger partial charge is 0.322 e. The van der Waals surface area contributed by atoms with Gasteiger partial charge in [0.25, 0.3) is 0 Å². The quantitative estimate of drug-likeness (QED) is 0.310. The van der Waals surface area contributed by atoms with Crippen LogP contribution in [0.1, 0.15) is 35.2 Å². The molecule has 2 aromatic carbocycles. The number of nitrogen functional groups attached to an aromatic ring is 1. The van der Waals surface area contributed by atoms with Crippen LogP contribution in [0, 0.1) is 11.8 Å². The molecule has 2 saturated heterocycles. The van der Waals surface area contributed by atoms with E-state index in [1.165, 1.54) is 0 Å². The summed E-state index contributed by atoms with van der Waals surface area (Å²) < 4.78 is 12.7. The van der Waals surface area contributed by atoms with Crippen molar-refractivity contribution in [3.05, 3.63) is 50.4 Å². The number of amides is 3. The van der Waals surface area contributed by atoms with Crippen LogP contribution in [0.5, 0.6) is 5.75 Å². The maximum atomic E-state index is 13.2. The number of fused-ring (bicyclic) bond motifs is 1. The average Bonchev–Trinajstić information content (AvgIpc) is 3.80. The molecule has 3 aliphatic heterocycles. The van der Waals surface area contributed by atoms with Gasteiger partial charge in [-0.2, -0.15) is 0 Å². The average molecular weight is 705 g/mol. The molecule has 0 unspecified atom stereocenters. The molecule has 0 bridgehead atoms. The first-order chi connectivity index (χ1) is 20.3. The number of nitrogens with two attached hydrogens (primary N) is 1. The van der Waals surface area contributed by atoms with Gasteiger partial charge < -0.3 is 30.3 Å². The molecule has 42 heavy (non-hydrogen) atoms. The molecule has 6 rings (SSSR count). The fourth-order valence-corrected chi connectivity index (χ4v) is 7.28. The lowest BCUT2D eigenvalue weighted by Crippen LogP contribution is -2.51. The van der Waals surface area contributed by atoms with Crippen molar-refractivity contribution in [1.29, 1.82) is 0 Å². The van der Waals surface area contributed by atoms with Gasteiger partial charge in [0.1, 0.15) is 12.4 Å². The summed E-state index contributed by atoms with van der Waals surface area (Å²) in [5, 5.41) is 3.03. The monoisotopic (exact) mass is 703 g/mol. The first-order valence-corrected chi connectivity index (χ1v) is 16.1. The summed E-state index contributed by atoms with van der Waals surface area (Å²) >= 11 is 6.79. The number of rotatable bonds is 8. The second kappa shape index (κ2) is 12.5. The number of hydrogen-bond acceptors (Lipinski definition) is 7. The number of carbonyl (C=O) groups is 3. The molecule has 10 nitrogen and oxygen atoms in total. The maximum absolute atomic E-state index is 13.2. The Morgan fingerprint density at radius 1 is 1.02 bits per heavy atom. The number of Topliss-reactive ketones (excluding diaryl/α,β-unsaturated/α-hetero) is 1. The molecule has 2 atom stereocenters. The summed E-state index contributed by atoms with van der Waals surface area (Å²) in [4.78, 5) is 45.3. The minimum Gasteiger partial charge on any atom is -0.492 e. The van der Waals surface area contributed by atoms with Crippen molar-refractivity contribution in [2.45, 2.75) is 31.8 Å². The molecule has 3 amide bonds. The highest BCUT2D eigenvalue weighted by atomic mass is 79.9. The third kappa shape index (κ3) is 6.31. The zero-order valence-corrected chi connectivity index (χ0v) is 26.5. The number of morpholine rings is 1. The zero-order chi connectivity index (χ0) is 29.4. The van der Waals surface area contributed by atoms with Crippen molar-refractivity contribution in [1.82, 2.24) is 14.7 Å². The number of halogens is 2. The minimum atomic E-state index is -0.299. The van der Waals surface area contributed by atoms with Crippen molar-refractivity contribution in [2.24, 2.45) is 11.8 Å². The molecule has 4 aliphatic rings. The molecule has 0 radical (unpaired) electrons. The molecule has 3 heterocycles. The summed E-state index contributed by atoms with van der Waals surface area (Å²) in [6.45, 7) is 6.50. The van der Waals surface area contributed by atoms with Crippen LogP contribution in [0.2, 0.25) is 0 Å². The second-order valence-electron chi connectivity index (χ2n) is 11.4. The predicted molar refractivity (Wildman–Crippen MR) is 166 cm³/mol. The molecular weight excluding hydrogens is 670 g/mol. The number of urea groups is 1. The lowest BCUT2D eigenvalue weighted by Gasteiger charge is -2.40. The number of likely N-dealkylation sites (tertiary alicyclic amines) is 1. The van der Waals surface area contributed by atoms with Gasteiger partial charge in [-0.1, -0.05) is 0 Å². The van der Waals surface area contributed by atoms with E-state index in [0.717, 1.165) is 49.8 Å². The third-order valence-corrected chi connectivity index (χ3v) is 10.0. The topological polar surface area (TPSA) is 117 Å². The largest absolute Gasteiger partial charge is 0.492 e. The highest BCUT2D eigenvalue weighted by Crippen LogP contribution is 2.44. The van der Waals surface area contributed by atoms with Gasteiger partial charge in [0.05, 0.1) is 18.9 Å². The zero-order valence-electron chi connectivity index (χ0n) is 23.3. The summed E-state index contributed by atoms with van der Waals surface area (Å²) in [7, 11) is 0. The van der Waals surface area contributed by atoms with Crippen LogP contribution in [0.25, 0.3) is 0 Å². The van der Waals surface area contributed by atoms with Gasteiger partial charge in [-0.25, -0.2) is 4.79 Å². The number of hydrogen-bond donors (Lipinski definition) is 2. The Morgan fingerprint density at radius 2 is 1.74 bits per heavy atom. The van der Waals surface area contributed by atoms with Crippen LogP contribution >= 0.6 is 31.9 Å². The first kappa shape index (κ1) is 29.4. The summed E-state index contributed by atoms with van der Waals surface area (Å²) in [5.41, 5.74) is 8.88. The Kier molecular flexibility index (Phi) is 8.76. The van der Waals surface area contributed by atoms with E-state index in [2.05, 4.69) is 42.1 Å². The molecule has 224 valence electrons. The van der Waals surface area contributed by atoms with E-state index in [-0.39, 0.29) is 35.6 Å². The normalized spacial score (nSPS) is 22.9. The molecule has 1 saturated carbocycles. The van der Waals surface area contributed by atoms with Crippen molar-refractivity contribution in [3.63, 3.8) is 0 Å². The van der Waals surface area contributed by atoms with Crippen LogP contribution in [-0.4, -0.2) is 91.0 Å². The fourth-order valence-electron chi connectivity index (χ4n) is 6.10. The first-order valence-electron chi connectivity index (χ1n) is 14.5. The van der Waals surface area contributed by atoms with Crippen LogP contribution in [0.3, 0.4) is 0 Å². The van der Waals surface area contributed by atoms with Crippen molar-refractivity contribution < 1.29 is 23.9 Å². The molecule has 1 aliphatic carbocycles. The number of ketones is 1. The number of nitrogens with one attached hydrogen (secondary N) is 1. The molecule has 3 fully saturated rings. The lowest BCUT2D eigenvalue weighted by molar-refractivity contribution is -0.134. The standard InChI is InChI=1S/C30H35Br2N5O5/c31-24-14-18(15-25(32)27(24)33)28(38)22-16-23(22)29(39)36-5-3-20(4-6-36)37-17-19-13-21(1-2-26(19)34-30(37)40)42-12-9-35-7-10-41-11-8-35/h1-2,13-15,20,22-23H,3-12,16-17,33H2,(H,34,40)/t22-,23-/m1/s1. The van der Waals surface area contributed by atoms with Gasteiger partial charge in [-0.05, 0) is 87.0 Å². The summed E-state index contributed by atoms with van der Waals surface area (Å²) in [6, 6.07) is 9.19. The Morgan fingerprint density at radius 3 is 2.45 bits per heavy atom. The van der Waals surface area contributed by atoms with E-state index in [0.29, 0.717) is 65.7 Å². The number of piperidine rings is 1. The molecule has 12 heteroatoms. The van der Waals surface area contributed by atoms with Crippen molar-refractivity contribution in [3.8, 4) is 5.75 Å². The van der Waals surface area contributed by atoms with Crippen LogP contribution in [0.15, 0.2) is 39.3 Å². The highest BCUT2D eigenvalue weighted by molar-refractivity contribution is 9.11. The van der Waals surface area contributed by atoms with Gasteiger partial charge in [-0.15, -0.1) is 0 Å².